The summed E-state index contributed by atoms with van der Waals surface area (Å²) in [5.74, 6) is 0.174. The molecule has 0 fully saturated rings. The van der Waals surface area contributed by atoms with Crippen LogP contribution in [0.4, 0.5) is 11.4 Å². The smallest absolute Gasteiger partial charge is 0.269 e. The predicted octanol–water partition coefficient (Wildman–Crippen LogP) is 2.70. The van der Waals surface area contributed by atoms with Gasteiger partial charge < -0.3 is 9.64 Å². The third-order valence-corrected chi connectivity index (χ3v) is 3.11. The monoisotopic (exact) mass is 297 g/mol. The van der Waals surface area contributed by atoms with Gasteiger partial charge in [0.15, 0.2) is 0 Å². The quantitative estimate of drug-likeness (QED) is 0.419. The Balaban J connectivity index is 3.04. The molecule has 0 atom stereocenters. The molecule has 6 nitrogen and oxygen atoms in total. The first kappa shape index (κ1) is 16.2. The molecule has 20 heavy (non-hydrogen) atoms. The molecule has 1 aromatic carbocycles. The van der Waals surface area contributed by atoms with Crippen LogP contribution in [-0.4, -0.2) is 31.7 Å². The first-order valence-corrected chi connectivity index (χ1v) is 6.61. The number of halogens is 1. The van der Waals surface area contributed by atoms with Crippen LogP contribution in [0.1, 0.15) is 12.0 Å². The van der Waals surface area contributed by atoms with Gasteiger partial charge in [-0.25, -0.2) is 0 Å². The van der Waals surface area contributed by atoms with E-state index >= 15 is 0 Å². The fourth-order valence-electron chi connectivity index (χ4n) is 1.84. The van der Waals surface area contributed by atoms with Crippen LogP contribution in [0.3, 0.4) is 0 Å². The number of anilines is 1. The Hall–Kier alpha value is -1.84. The lowest BCUT2D eigenvalue weighted by Gasteiger charge is -2.25. The van der Waals surface area contributed by atoms with Gasteiger partial charge in [-0.1, -0.05) is 0 Å². The summed E-state index contributed by atoms with van der Waals surface area (Å²) in [4.78, 5) is 12.3. The molecule has 1 aromatic rings. The summed E-state index contributed by atoms with van der Waals surface area (Å²) in [5.41, 5.74) is 1.49. The van der Waals surface area contributed by atoms with Crippen LogP contribution in [0.15, 0.2) is 18.2 Å². The number of hydrogen-bond donors (Lipinski definition) is 0. The van der Waals surface area contributed by atoms with E-state index in [1.165, 1.54) is 12.1 Å². The van der Waals surface area contributed by atoms with E-state index in [0.717, 1.165) is 5.69 Å². The largest absolute Gasteiger partial charge is 0.383 e. The van der Waals surface area contributed by atoms with E-state index in [1.54, 1.807) is 13.2 Å². The summed E-state index contributed by atoms with van der Waals surface area (Å²) >= 11 is 5.88. The van der Waals surface area contributed by atoms with Crippen molar-refractivity contribution in [3.05, 3.63) is 33.9 Å². The van der Waals surface area contributed by atoms with E-state index in [-0.39, 0.29) is 11.6 Å². The van der Waals surface area contributed by atoms with Crippen molar-refractivity contribution in [2.75, 3.05) is 31.7 Å². The van der Waals surface area contributed by atoms with Gasteiger partial charge in [-0.05, 0) is 11.6 Å². The molecule has 108 valence electrons. The van der Waals surface area contributed by atoms with Crippen molar-refractivity contribution in [2.24, 2.45) is 0 Å². The fraction of sp³-hybridized carbons (Fsp3) is 0.462. The third-order valence-electron chi connectivity index (χ3n) is 2.82. The number of rotatable bonds is 8. The highest BCUT2D eigenvalue weighted by molar-refractivity contribution is 6.17. The molecule has 0 bridgehead atoms. The molecule has 0 saturated carbocycles. The Labute approximate surface area is 122 Å². The lowest BCUT2D eigenvalue weighted by Crippen LogP contribution is -2.29. The molecule has 0 unspecified atom stereocenters. The number of ether oxygens (including phenoxy) is 1. The minimum Gasteiger partial charge on any atom is -0.383 e. The topological polar surface area (TPSA) is 79.4 Å². The summed E-state index contributed by atoms with van der Waals surface area (Å²) in [5, 5.41) is 19.5. The Kier molecular flexibility index (Phi) is 6.77. The van der Waals surface area contributed by atoms with Gasteiger partial charge in [-0.3, -0.25) is 10.1 Å². The Morgan fingerprint density at radius 3 is 2.80 bits per heavy atom. The summed E-state index contributed by atoms with van der Waals surface area (Å²) in [6.07, 6.45) is 0.364. The van der Waals surface area contributed by atoms with Crippen LogP contribution in [0.2, 0.25) is 0 Å². The van der Waals surface area contributed by atoms with Crippen LogP contribution in [0, 0.1) is 21.4 Å². The molecular formula is C13H16ClN3O3. The lowest BCUT2D eigenvalue weighted by molar-refractivity contribution is -0.384. The molecule has 0 aliphatic heterocycles. The number of benzene rings is 1. The first-order chi connectivity index (χ1) is 9.63. The number of nitrogens with zero attached hydrogens (tertiary/aromatic N) is 3. The van der Waals surface area contributed by atoms with Gasteiger partial charge in [0.05, 0.1) is 24.0 Å². The molecule has 0 aliphatic carbocycles. The molecular weight excluding hydrogens is 282 g/mol. The highest BCUT2D eigenvalue weighted by Crippen LogP contribution is 2.27. The number of non-ortho nitro benzene ring substituents is 1. The van der Waals surface area contributed by atoms with Gasteiger partial charge in [-0.2, -0.15) is 5.26 Å². The van der Waals surface area contributed by atoms with E-state index < -0.39 is 4.92 Å². The zero-order valence-corrected chi connectivity index (χ0v) is 12.0. The Morgan fingerprint density at radius 2 is 2.25 bits per heavy atom. The minimum absolute atomic E-state index is 0.0105. The Morgan fingerprint density at radius 1 is 1.50 bits per heavy atom. The van der Waals surface area contributed by atoms with Crippen molar-refractivity contribution in [3.8, 4) is 6.07 Å². The average molecular weight is 298 g/mol. The second-order valence-corrected chi connectivity index (χ2v) is 4.36. The van der Waals surface area contributed by atoms with Gasteiger partial charge in [0.2, 0.25) is 0 Å². The fourth-order valence-corrected chi connectivity index (χ4v) is 2.05. The predicted molar refractivity (Wildman–Crippen MR) is 77.0 cm³/mol. The highest BCUT2D eigenvalue weighted by Gasteiger charge is 2.15. The van der Waals surface area contributed by atoms with Crippen molar-refractivity contribution in [2.45, 2.75) is 12.3 Å². The molecule has 0 radical (unpaired) electrons. The van der Waals surface area contributed by atoms with Gasteiger partial charge in [0, 0.05) is 43.9 Å². The van der Waals surface area contributed by atoms with Gasteiger partial charge >= 0.3 is 0 Å². The zero-order valence-electron chi connectivity index (χ0n) is 11.2. The summed E-state index contributed by atoms with van der Waals surface area (Å²) in [6.45, 7) is 1.63. The second kappa shape index (κ2) is 8.35. The SMILES string of the molecule is COCCN(CCC#N)c1ccc([N+](=O)[O-])cc1CCl. The van der Waals surface area contributed by atoms with Crippen LogP contribution < -0.4 is 4.90 Å². The summed E-state index contributed by atoms with van der Waals surface area (Å²) < 4.78 is 5.04. The van der Waals surface area contributed by atoms with Crippen molar-refractivity contribution in [1.29, 1.82) is 5.26 Å². The number of nitriles is 1. The van der Waals surface area contributed by atoms with Crippen molar-refractivity contribution < 1.29 is 9.66 Å². The summed E-state index contributed by atoms with van der Waals surface area (Å²) in [6, 6.07) is 6.67. The average Bonchev–Trinajstić information content (AvgIpc) is 2.47. The number of methoxy groups -OCH3 is 1. The maximum absolute atomic E-state index is 10.8. The molecule has 0 aromatic heterocycles. The molecule has 0 N–H and O–H groups in total. The summed E-state index contributed by atoms with van der Waals surface area (Å²) in [7, 11) is 1.60. The lowest BCUT2D eigenvalue weighted by atomic mass is 10.1. The molecule has 0 heterocycles. The van der Waals surface area contributed by atoms with E-state index in [9.17, 15) is 10.1 Å². The van der Waals surface area contributed by atoms with E-state index in [0.29, 0.717) is 31.7 Å². The molecule has 1 rings (SSSR count). The van der Waals surface area contributed by atoms with E-state index in [4.69, 9.17) is 21.6 Å². The number of alkyl halides is 1. The molecule has 0 amide bonds. The number of nitro groups is 1. The van der Waals surface area contributed by atoms with E-state index in [2.05, 4.69) is 6.07 Å². The van der Waals surface area contributed by atoms with Crippen LogP contribution in [0.5, 0.6) is 0 Å². The third kappa shape index (κ3) is 4.37. The van der Waals surface area contributed by atoms with Crippen molar-refractivity contribution in [1.82, 2.24) is 0 Å². The standard InChI is InChI=1S/C13H16ClN3O3/c1-20-8-7-16(6-2-5-15)13-4-3-12(17(18)19)9-11(13)10-14/h3-4,9H,2,6-8,10H2,1H3. The zero-order chi connectivity index (χ0) is 15.0. The van der Waals surface area contributed by atoms with Gasteiger partial charge in [0.25, 0.3) is 5.69 Å². The Bertz CT molecular complexity index is 502. The van der Waals surface area contributed by atoms with Crippen LogP contribution in [0.25, 0.3) is 0 Å². The number of hydrogen-bond acceptors (Lipinski definition) is 5. The van der Waals surface area contributed by atoms with Crippen LogP contribution >= 0.6 is 11.6 Å². The van der Waals surface area contributed by atoms with E-state index in [1.807, 2.05) is 4.90 Å². The molecule has 7 heteroatoms. The molecule has 0 saturated heterocycles. The second-order valence-electron chi connectivity index (χ2n) is 4.09. The van der Waals surface area contributed by atoms with Crippen molar-refractivity contribution >= 4 is 23.0 Å². The van der Waals surface area contributed by atoms with Crippen LogP contribution in [-0.2, 0) is 10.6 Å². The van der Waals surface area contributed by atoms with Crippen molar-refractivity contribution in [3.63, 3.8) is 0 Å². The highest BCUT2D eigenvalue weighted by atomic mass is 35.5. The van der Waals surface area contributed by atoms with Gasteiger partial charge in [-0.15, -0.1) is 11.6 Å². The first-order valence-electron chi connectivity index (χ1n) is 6.08. The van der Waals surface area contributed by atoms with Gasteiger partial charge in [0.1, 0.15) is 0 Å². The molecule has 0 aliphatic rings. The normalized spacial score (nSPS) is 10.1. The molecule has 0 spiro atoms. The maximum Gasteiger partial charge on any atom is 0.269 e. The maximum atomic E-state index is 10.8. The number of nitro benzene ring substituents is 1. The minimum atomic E-state index is -0.450.